The molecule has 0 saturated carbocycles. The van der Waals surface area contributed by atoms with Gasteiger partial charge in [0, 0.05) is 16.8 Å². The first kappa shape index (κ1) is 16.3. The molecule has 1 aliphatic rings. The summed E-state index contributed by atoms with van der Waals surface area (Å²) in [6.45, 7) is 6.29. The van der Waals surface area contributed by atoms with Crippen molar-refractivity contribution in [1.29, 1.82) is 0 Å². The molecule has 7 nitrogen and oxygen atoms in total. The molecule has 26 heavy (non-hydrogen) atoms. The van der Waals surface area contributed by atoms with Crippen LogP contribution in [0.1, 0.15) is 46.0 Å². The number of rotatable bonds is 2. The van der Waals surface area contributed by atoms with Gasteiger partial charge >= 0.3 is 0 Å². The van der Waals surface area contributed by atoms with E-state index in [1.165, 1.54) is 0 Å². The number of nitrogens with two attached hydrogens (primary N) is 1. The molecule has 1 aromatic carbocycles. The Bertz CT molecular complexity index is 1010. The van der Waals surface area contributed by atoms with Gasteiger partial charge in [-0.1, -0.05) is 23.8 Å². The summed E-state index contributed by atoms with van der Waals surface area (Å²) in [6.07, 6.45) is 0. The van der Waals surface area contributed by atoms with Crippen LogP contribution in [-0.4, -0.2) is 31.0 Å². The number of fused-ring (bicyclic) bond motifs is 1. The van der Waals surface area contributed by atoms with Crippen LogP contribution in [0.4, 0.5) is 5.95 Å². The minimum Gasteiger partial charge on any atom is -0.368 e. The zero-order valence-electron chi connectivity index (χ0n) is 14.9. The topological polar surface area (TPSA) is 101 Å². The molecule has 3 heterocycles. The van der Waals surface area contributed by atoms with Crippen LogP contribution in [0.2, 0.25) is 0 Å². The fourth-order valence-corrected chi connectivity index (χ4v) is 3.43. The van der Waals surface area contributed by atoms with Gasteiger partial charge in [0.15, 0.2) is 0 Å². The molecule has 4 rings (SSSR count). The summed E-state index contributed by atoms with van der Waals surface area (Å²) < 4.78 is 0. The van der Waals surface area contributed by atoms with E-state index < -0.39 is 0 Å². The number of carbonyl (C=O) groups excluding carboxylic acids is 1. The summed E-state index contributed by atoms with van der Waals surface area (Å²) in [5.41, 5.74) is 11.9. The Kier molecular flexibility index (Phi) is 3.72. The van der Waals surface area contributed by atoms with Crippen molar-refractivity contribution in [3.8, 4) is 11.3 Å². The number of amides is 1. The van der Waals surface area contributed by atoms with E-state index in [2.05, 4.69) is 26.2 Å². The van der Waals surface area contributed by atoms with Crippen LogP contribution >= 0.6 is 0 Å². The van der Waals surface area contributed by atoms with E-state index in [1.807, 2.05) is 39.0 Å². The lowest BCUT2D eigenvalue weighted by molar-refractivity contribution is 0.0697. The highest BCUT2D eigenvalue weighted by Crippen LogP contribution is 2.38. The number of hydrogen-bond acceptors (Lipinski definition) is 5. The molecule has 0 bridgehead atoms. The lowest BCUT2D eigenvalue weighted by Gasteiger charge is -2.20. The van der Waals surface area contributed by atoms with Crippen LogP contribution in [0.25, 0.3) is 11.3 Å². The molecule has 0 aliphatic carbocycles. The van der Waals surface area contributed by atoms with E-state index in [1.54, 1.807) is 11.0 Å². The van der Waals surface area contributed by atoms with Crippen molar-refractivity contribution in [3.63, 3.8) is 0 Å². The maximum atomic E-state index is 12.9. The van der Waals surface area contributed by atoms with Crippen LogP contribution in [-0.2, 0) is 6.54 Å². The van der Waals surface area contributed by atoms with Gasteiger partial charge in [0.1, 0.15) is 5.69 Å². The molecule has 0 fully saturated rings. The maximum Gasteiger partial charge on any atom is 0.275 e. The van der Waals surface area contributed by atoms with Gasteiger partial charge in [-0.2, -0.15) is 5.10 Å². The van der Waals surface area contributed by atoms with Crippen LogP contribution in [0.5, 0.6) is 0 Å². The smallest absolute Gasteiger partial charge is 0.275 e. The van der Waals surface area contributed by atoms with Crippen molar-refractivity contribution < 1.29 is 4.79 Å². The van der Waals surface area contributed by atoms with Crippen LogP contribution in [0.3, 0.4) is 0 Å². The summed E-state index contributed by atoms with van der Waals surface area (Å²) in [7, 11) is 0. The highest BCUT2D eigenvalue weighted by atomic mass is 16.2. The summed E-state index contributed by atoms with van der Waals surface area (Å²) in [6, 6.07) is 9.65. The Morgan fingerprint density at radius 3 is 2.77 bits per heavy atom. The number of H-pyrrole nitrogens is 1. The first-order valence-corrected chi connectivity index (χ1v) is 8.50. The highest BCUT2D eigenvalue weighted by Gasteiger charge is 2.36. The second kappa shape index (κ2) is 5.94. The molecule has 132 valence electrons. The Labute approximate surface area is 151 Å². The molecule has 3 aromatic rings. The number of hydrogen-bond donors (Lipinski definition) is 2. The van der Waals surface area contributed by atoms with Crippen molar-refractivity contribution in [2.45, 2.75) is 33.4 Å². The average molecular weight is 348 g/mol. The van der Waals surface area contributed by atoms with Crippen LogP contribution < -0.4 is 5.73 Å². The second-order valence-electron chi connectivity index (χ2n) is 6.71. The Hall–Kier alpha value is -3.22. The number of nitrogen functional groups attached to an aromatic ring is 1. The van der Waals surface area contributed by atoms with Crippen molar-refractivity contribution >= 4 is 11.9 Å². The minimum atomic E-state index is -0.191. The van der Waals surface area contributed by atoms with Crippen molar-refractivity contribution in [2.75, 3.05) is 5.73 Å². The number of nitrogens with zero attached hydrogens (tertiary/aromatic N) is 4. The molecule has 1 unspecified atom stereocenters. The Morgan fingerprint density at radius 2 is 2.08 bits per heavy atom. The predicted octanol–water partition coefficient (Wildman–Crippen LogP) is 2.78. The summed E-state index contributed by atoms with van der Waals surface area (Å²) in [4.78, 5) is 23.5. The maximum absolute atomic E-state index is 12.9. The molecule has 2 aromatic heterocycles. The van der Waals surface area contributed by atoms with E-state index in [9.17, 15) is 4.79 Å². The monoisotopic (exact) mass is 348 g/mol. The van der Waals surface area contributed by atoms with E-state index in [0.717, 1.165) is 33.8 Å². The van der Waals surface area contributed by atoms with E-state index >= 15 is 0 Å². The normalized spacial score (nSPS) is 16.0. The lowest BCUT2D eigenvalue weighted by atomic mass is 10.0. The predicted molar refractivity (Wildman–Crippen MR) is 98.2 cm³/mol. The van der Waals surface area contributed by atoms with E-state index in [0.29, 0.717) is 12.2 Å². The van der Waals surface area contributed by atoms with Gasteiger partial charge in [-0.25, -0.2) is 9.97 Å². The van der Waals surface area contributed by atoms with Gasteiger partial charge in [-0.3, -0.25) is 9.89 Å². The van der Waals surface area contributed by atoms with Gasteiger partial charge in [0.2, 0.25) is 5.95 Å². The van der Waals surface area contributed by atoms with Gasteiger partial charge in [-0.05, 0) is 32.9 Å². The van der Waals surface area contributed by atoms with Crippen molar-refractivity contribution in [1.82, 2.24) is 25.1 Å². The molecular weight excluding hydrogens is 328 g/mol. The fraction of sp³-hybridized carbons (Fsp3) is 0.263. The van der Waals surface area contributed by atoms with Gasteiger partial charge in [0.25, 0.3) is 5.91 Å². The zero-order valence-corrected chi connectivity index (χ0v) is 14.9. The Morgan fingerprint density at radius 1 is 1.27 bits per heavy atom. The average Bonchev–Trinajstić information content (AvgIpc) is 3.18. The number of aromatic nitrogens is 4. The third kappa shape index (κ3) is 2.61. The second-order valence-corrected chi connectivity index (χ2v) is 6.71. The van der Waals surface area contributed by atoms with Gasteiger partial charge in [0.05, 0.1) is 24.0 Å². The highest BCUT2D eigenvalue weighted by molar-refractivity contribution is 5.93. The van der Waals surface area contributed by atoms with Crippen LogP contribution in [0, 0.1) is 13.8 Å². The molecule has 1 amide bonds. The number of nitrogens with one attached hydrogen (secondary N) is 1. The van der Waals surface area contributed by atoms with E-state index in [-0.39, 0.29) is 17.9 Å². The first-order chi connectivity index (χ1) is 12.4. The zero-order chi connectivity index (χ0) is 18.4. The molecule has 7 heteroatoms. The van der Waals surface area contributed by atoms with Crippen molar-refractivity contribution in [2.24, 2.45) is 0 Å². The largest absolute Gasteiger partial charge is 0.368 e. The molecule has 0 saturated heterocycles. The Balaban J connectivity index is 1.77. The minimum absolute atomic E-state index is 0.131. The molecule has 1 aliphatic heterocycles. The number of anilines is 1. The first-order valence-electron chi connectivity index (χ1n) is 8.50. The van der Waals surface area contributed by atoms with E-state index in [4.69, 9.17) is 5.73 Å². The van der Waals surface area contributed by atoms with Crippen molar-refractivity contribution in [3.05, 3.63) is 58.5 Å². The number of carbonyl (C=O) groups is 1. The molecule has 1 atom stereocenters. The van der Waals surface area contributed by atoms with Gasteiger partial charge in [-0.15, -0.1) is 0 Å². The number of benzene rings is 1. The number of aryl methyl sites for hydroxylation is 2. The number of aromatic amines is 1. The third-order valence-corrected chi connectivity index (χ3v) is 4.73. The fourth-order valence-electron chi connectivity index (χ4n) is 3.43. The molecule has 3 N–H and O–H groups in total. The van der Waals surface area contributed by atoms with Gasteiger partial charge < -0.3 is 10.6 Å². The molecular formula is C19H20N6O. The quantitative estimate of drug-likeness (QED) is 0.741. The summed E-state index contributed by atoms with van der Waals surface area (Å²) >= 11 is 0. The SMILES string of the molecule is Cc1cccc(-c2nc(N)nc3c2CN(C(=O)c2cc(C)[nH]n2)C3C)c1. The molecule has 0 radical (unpaired) electrons. The third-order valence-electron chi connectivity index (χ3n) is 4.73. The molecule has 0 spiro atoms. The van der Waals surface area contributed by atoms with Crippen LogP contribution in [0.15, 0.2) is 30.3 Å². The lowest BCUT2D eigenvalue weighted by Crippen LogP contribution is -2.28. The standard InChI is InChI=1S/C19H20N6O/c1-10-5-4-6-13(7-10)17-14-9-25(12(3)16(14)21-19(20)22-17)18(26)15-8-11(2)23-24-15/h4-8,12H,9H2,1-3H3,(H,23,24)(H2,20,21,22). The summed E-state index contributed by atoms with van der Waals surface area (Å²) in [5, 5.41) is 6.91. The summed E-state index contributed by atoms with van der Waals surface area (Å²) in [5.74, 6) is 0.0885.